The van der Waals surface area contributed by atoms with E-state index in [9.17, 15) is 4.39 Å². The molecule has 3 rings (SSSR count). The molecule has 4 nitrogen and oxygen atoms in total. The molecular weight excluding hydrogens is 327 g/mol. The van der Waals surface area contributed by atoms with E-state index in [0.717, 1.165) is 23.0 Å². The number of hydrogen-bond acceptors (Lipinski definition) is 5. The molecular formula is C18H23FN2O2S. The van der Waals surface area contributed by atoms with Gasteiger partial charge in [-0.25, -0.2) is 9.37 Å². The Morgan fingerprint density at radius 1 is 1.42 bits per heavy atom. The van der Waals surface area contributed by atoms with Crippen molar-refractivity contribution < 1.29 is 13.9 Å². The number of aromatic nitrogens is 1. The third kappa shape index (κ3) is 4.75. The molecule has 1 heterocycles. The van der Waals surface area contributed by atoms with E-state index < -0.39 is 0 Å². The van der Waals surface area contributed by atoms with Gasteiger partial charge in [-0.3, -0.25) is 0 Å². The molecule has 0 aliphatic heterocycles. The van der Waals surface area contributed by atoms with Gasteiger partial charge in [0.1, 0.15) is 12.6 Å². The van der Waals surface area contributed by atoms with Gasteiger partial charge in [-0.05, 0) is 30.9 Å². The highest BCUT2D eigenvalue weighted by molar-refractivity contribution is 7.15. The Morgan fingerprint density at radius 2 is 2.25 bits per heavy atom. The van der Waals surface area contributed by atoms with Gasteiger partial charge < -0.3 is 14.8 Å². The Kier molecular flexibility index (Phi) is 5.81. The molecule has 0 amide bonds. The Labute approximate surface area is 146 Å². The fourth-order valence-electron chi connectivity index (χ4n) is 2.67. The summed E-state index contributed by atoms with van der Waals surface area (Å²) in [5.74, 6) is 0.498. The lowest BCUT2D eigenvalue weighted by Crippen LogP contribution is -2.12. The minimum Gasteiger partial charge on any atom is -0.359 e. The van der Waals surface area contributed by atoms with Gasteiger partial charge >= 0.3 is 0 Å². The molecule has 0 spiro atoms. The van der Waals surface area contributed by atoms with Gasteiger partial charge in [-0.2, -0.15) is 0 Å². The predicted molar refractivity (Wildman–Crippen MR) is 93.6 cm³/mol. The SMILES string of the molecule is COCOCc1ccc(C(CC2CC2)Nc2ncc(C)s2)cc1F. The average Bonchev–Trinajstić information content (AvgIpc) is 3.29. The lowest BCUT2D eigenvalue weighted by Gasteiger charge is -2.19. The lowest BCUT2D eigenvalue weighted by molar-refractivity contribution is -0.0398. The monoisotopic (exact) mass is 350 g/mol. The van der Waals surface area contributed by atoms with Crippen LogP contribution in [0.1, 0.15) is 41.3 Å². The standard InChI is InChI=1S/C18H23FN2O2S/c1-12-9-20-18(24-12)21-17(7-13-3-4-13)14-5-6-15(16(19)8-14)10-23-11-22-2/h5-6,8-9,13,17H,3-4,7,10-11H2,1-2H3,(H,20,21). The minimum absolute atomic E-state index is 0.0893. The van der Waals surface area contributed by atoms with E-state index in [-0.39, 0.29) is 25.3 Å². The molecule has 24 heavy (non-hydrogen) atoms. The van der Waals surface area contributed by atoms with E-state index in [1.165, 1.54) is 17.7 Å². The van der Waals surface area contributed by atoms with Crippen molar-refractivity contribution in [3.8, 4) is 0 Å². The quantitative estimate of drug-likeness (QED) is 0.527. The number of ether oxygens (including phenoxy) is 2. The van der Waals surface area contributed by atoms with Gasteiger partial charge in [0.15, 0.2) is 5.13 Å². The Morgan fingerprint density at radius 3 is 2.88 bits per heavy atom. The Hall–Kier alpha value is -1.50. The number of rotatable bonds is 9. The molecule has 1 fully saturated rings. The molecule has 0 bridgehead atoms. The van der Waals surface area contributed by atoms with Gasteiger partial charge in [0.05, 0.1) is 12.6 Å². The van der Waals surface area contributed by atoms with Crippen LogP contribution in [0.15, 0.2) is 24.4 Å². The van der Waals surface area contributed by atoms with Gasteiger partial charge in [-0.15, -0.1) is 11.3 Å². The van der Waals surface area contributed by atoms with Crippen LogP contribution in [0.25, 0.3) is 0 Å². The number of benzene rings is 1. The van der Waals surface area contributed by atoms with Crippen molar-refractivity contribution in [2.24, 2.45) is 5.92 Å². The molecule has 1 atom stereocenters. The molecule has 0 saturated heterocycles. The second-order valence-corrected chi connectivity index (χ2v) is 7.49. The fraction of sp³-hybridized carbons (Fsp3) is 0.500. The Balaban J connectivity index is 1.72. The van der Waals surface area contributed by atoms with Crippen molar-refractivity contribution in [1.82, 2.24) is 4.98 Å². The summed E-state index contributed by atoms with van der Waals surface area (Å²) < 4.78 is 24.4. The van der Waals surface area contributed by atoms with E-state index in [1.54, 1.807) is 30.6 Å². The molecule has 1 saturated carbocycles. The average molecular weight is 350 g/mol. The molecule has 0 radical (unpaired) electrons. The first kappa shape index (κ1) is 17.3. The van der Waals surface area contributed by atoms with Crippen molar-refractivity contribution in [2.75, 3.05) is 19.2 Å². The number of nitrogens with one attached hydrogen (secondary N) is 1. The minimum atomic E-state index is -0.235. The summed E-state index contributed by atoms with van der Waals surface area (Å²) in [7, 11) is 1.55. The van der Waals surface area contributed by atoms with E-state index >= 15 is 0 Å². The maximum absolute atomic E-state index is 14.4. The van der Waals surface area contributed by atoms with Gasteiger partial charge in [0.25, 0.3) is 0 Å². The summed E-state index contributed by atoms with van der Waals surface area (Å²) in [6, 6.07) is 5.49. The number of nitrogens with zero attached hydrogens (tertiary/aromatic N) is 1. The summed E-state index contributed by atoms with van der Waals surface area (Å²) in [4.78, 5) is 5.54. The van der Waals surface area contributed by atoms with Crippen LogP contribution in [0, 0.1) is 18.7 Å². The predicted octanol–water partition coefficient (Wildman–Crippen LogP) is 4.66. The van der Waals surface area contributed by atoms with Gasteiger partial charge in [0.2, 0.25) is 0 Å². The highest BCUT2D eigenvalue weighted by Gasteiger charge is 2.27. The second-order valence-electron chi connectivity index (χ2n) is 6.26. The van der Waals surface area contributed by atoms with Crippen LogP contribution in [-0.2, 0) is 16.1 Å². The zero-order valence-electron chi connectivity index (χ0n) is 14.0. The van der Waals surface area contributed by atoms with Crippen molar-refractivity contribution in [3.05, 3.63) is 46.2 Å². The third-order valence-corrected chi connectivity index (χ3v) is 4.97. The van der Waals surface area contributed by atoms with Crippen LogP contribution in [0.2, 0.25) is 0 Å². The molecule has 1 N–H and O–H groups in total. The number of halogens is 1. The summed E-state index contributed by atoms with van der Waals surface area (Å²) in [6.45, 7) is 2.41. The smallest absolute Gasteiger partial charge is 0.183 e. The van der Waals surface area contributed by atoms with Gasteiger partial charge in [0, 0.05) is 23.7 Å². The molecule has 1 aliphatic rings. The molecule has 1 aromatic heterocycles. The maximum Gasteiger partial charge on any atom is 0.183 e. The first-order chi connectivity index (χ1) is 11.7. The zero-order chi connectivity index (χ0) is 16.9. The lowest BCUT2D eigenvalue weighted by atomic mass is 9.99. The third-order valence-electron chi connectivity index (χ3n) is 4.12. The molecule has 1 unspecified atom stereocenters. The van der Waals surface area contributed by atoms with E-state index in [0.29, 0.717) is 5.56 Å². The highest BCUT2D eigenvalue weighted by atomic mass is 32.1. The zero-order valence-corrected chi connectivity index (χ0v) is 14.9. The number of thiazole rings is 1. The van der Waals surface area contributed by atoms with Crippen LogP contribution >= 0.6 is 11.3 Å². The largest absolute Gasteiger partial charge is 0.359 e. The number of aryl methyl sites for hydroxylation is 1. The van der Waals surface area contributed by atoms with Crippen LogP contribution in [-0.4, -0.2) is 18.9 Å². The van der Waals surface area contributed by atoms with Crippen molar-refractivity contribution in [2.45, 2.75) is 38.8 Å². The molecule has 2 aromatic rings. The maximum atomic E-state index is 14.4. The highest BCUT2D eigenvalue weighted by Crippen LogP contribution is 2.39. The summed E-state index contributed by atoms with van der Waals surface area (Å²) >= 11 is 1.63. The molecule has 130 valence electrons. The summed E-state index contributed by atoms with van der Waals surface area (Å²) in [5, 5.41) is 4.37. The second kappa shape index (κ2) is 8.05. The molecule has 1 aliphatic carbocycles. The van der Waals surface area contributed by atoms with Crippen molar-refractivity contribution in [3.63, 3.8) is 0 Å². The number of hydrogen-bond donors (Lipinski definition) is 1. The Bertz CT molecular complexity index is 673. The summed E-state index contributed by atoms with van der Waals surface area (Å²) in [6.07, 6.45) is 5.40. The van der Waals surface area contributed by atoms with Crippen LogP contribution in [0.4, 0.5) is 9.52 Å². The van der Waals surface area contributed by atoms with Crippen LogP contribution in [0.3, 0.4) is 0 Å². The van der Waals surface area contributed by atoms with E-state index in [1.807, 2.05) is 19.2 Å². The van der Waals surface area contributed by atoms with E-state index in [2.05, 4.69) is 10.3 Å². The van der Waals surface area contributed by atoms with Crippen LogP contribution < -0.4 is 5.32 Å². The normalized spacial score (nSPS) is 15.5. The first-order valence-electron chi connectivity index (χ1n) is 8.19. The number of anilines is 1. The summed E-state index contributed by atoms with van der Waals surface area (Å²) in [5.41, 5.74) is 1.51. The van der Waals surface area contributed by atoms with Gasteiger partial charge in [-0.1, -0.05) is 25.0 Å². The number of methoxy groups -OCH3 is 1. The van der Waals surface area contributed by atoms with E-state index in [4.69, 9.17) is 9.47 Å². The van der Waals surface area contributed by atoms with Crippen molar-refractivity contribution in [1.29, 1.82) is 0 Å². The molecule has 1 aromatic carbocycles. The molecule has 6 heteroatoms. The fourth-order valence-corrected chi connectivity index (χ4v) is 3.39. The van der Waals surface area contributed by atoms with Crippen molar-refractivity contribution >= 4 is 16.5 Å². The van der Waals surface area contributed by atoms with Crippen LogP contribution in [0.5, 0.6) is 0 Å². The first-order valence-corrected chi connectivity index (χ1v) is 9.01. The topological polar surface area (TPSA) is 43.4 Å².